The fourth-order valence-corrected chi connectivity index (χ4v) is 3.72. The maximum atomic E-state index is 5.82. The third kappa shape index (κ3) is 4.85. The predicted octanol–water partition coefficient (Wildman–Crippen LogP) is 3.20. The molecule has 0 saturated heterocycles. The quantitative estimate of drug-likeness (QED) is 0.458. The van der Waals surface area contributed by atoms with E-state index in [9.17, 15) is 0 Å². The highest BCUT2D eigenvalue weighted by Crippen LogP contribution is 2.31. The van der Waals surface area contributed by atoms with Crippen LogP contribution in [0.1, 0.15) is 40.8 Å². The van der Waals surface area contributed by atoms with Gasteiger partial charge in [0, 0.05) is 24.6 Å². The molecule has 2 aromatic carbocycles. The molecule has 32 heavy (non-hydrogen) atoms. The van der Waals surface area contributed by atoms with E-state index in [1.165, 1.54) is 0 Å². The number of benzene rings is 2. The van der Waals surface area contributed by atoms with Gasteiger partial charge in [-0.2, -0.15) is 0 Å². The molecule has 1 aromatic heterocycles. The van der Waals surface area contributed by atoms with Crippen molar-refractivity contribution in [2.24, 2.45) is 12.0 Å². The van der Waals surface area contributed by atoms with Gasteiger partial charge in [0.1, 0.15) is 17.3 Å². The second-order valence-electron chi connectivity index (χ2n) is 7.93. The van der Waals surface area contributed by atoms with Gasteiger partial charge in [-0.1, -0.05) is 30.3 Å². The lowest BCUT2D eigenvalue weighted by molar-refractivity contribution is 0.261. The lowest BCUT2D eigenvalue weighted by atomic mass is 10.0. The average Bonchev–Trinajstić information content (AvgIpc) is 3.13. The monoisotopic (exact) mass is 434 g/mol. The van der Waals surface area contributed by atoms with Gasteiger partial charge in [-0.05, 0) is 31.5 Å². The van der Waals surface area contributed by atoms with E-state index in [0.717, 1.165) is 46.3 Å². The molecule has 1 aliphatic heterocycles. The van der Waals surface area contributed by atoms with Crippen molar-refractivity contribution in [3.8, 4) is 11.5 Å². The fraction of sp³-hybridized carbons (Fsp3) is 0.375. The Kier molecular flexibility index (Phi) is 6.58. The van der Waals surface area contributed by atoms with Crippen LogP contribution in [0.4, 0.5) is 0 Å². The van der Waals surface area contributed by atoms with E-state index in [4.69, 9.17) is 14.5 Å². The van der Waals surface area contributed by atoms with Crippen molar-refractivity contribution in [3.63, 3.8) is 0 Å². The van der Waals surface area contributed by atoms with Crippen LogP contribution in [0.15, 0.2) is 47.5 Å². The molecule has 0 fully saturated rings. The van der Waals surface area contributed by atoms with Gasteiger partial charge in [-0.15, -0.1) is 10.2 Å². The Labute approximate surface area is 188 Å². The molecular weight excluding hydrogens is 404 g/mol. The first-order chi connectivity index (χ1) is 15.5. The minimum Gasteiger partial charge on any atom is -0.496 e. The van der Waals surface area contributed by atoms with Crippen molar-refractivity contribution >= 4 is 5.96 Å². The molecule has 2 heterocycles. The molecular formula is C24H30N6O2. The zero-order valence-corrected chi connectivity index (χ0v) is 19.1. The van der Waals surface area contributed by atoms with Crippen LogP contribution in [0.5, 0.6) is 11.5 Å². The molecule has 8 heteroatoms. The number of nitrogens with one attached hydrogen (secondary N) is 2. The number of aliphatic imine (C=N–C) groups is 1. The van der Waals surface area contributed by atoms with E-state index < -0.39 is 0 Å². The smallest absolute Gasteiger partial charge is 0.192 e. The molecule has 0 bridgehead atoms. The third-order valence-corrected chi connectivity index (χ3v) is 5.72. The van der Waals surface area contributed by atoms with Crippen LogP contribution in [-0.4, -0.2) is 34.4 Å². The highest BCUT2D eigenvalue weighted by Gasteiger charge is 2.22. The summed E-state index contributed by atoms with van der Waals surface area (Å²) in [4.78, 5) is 4.87. The van der Waals surface area contributed by atoms with Crippen LogP contribution >= 0.6 is 0 Å². The lowest BCUT2D eigenvalue weighted by Gasteiger charge is -2.28. The van der Waals surface area contributed by atoms with Gasteiger partial charge in [0.05, 0.1) is 32.8 Å². The molecule has 4 rings (SSSR count). The summed E-state index contributed by atoms with van der Waals surface area (Å²) in [5.41, 5.74) is 3.32. The molecule has 0 aliphatic carbocycles. The van der Waals surface area contributed by atoms with Crippen molar-refractivity contribution in [2.45, 2.75) is 39.4 Å². The van der Waals surface area contributed by atoms with Gasteiger partial charge < -0.3 is 24.7 Å². The average molecular weight is 435 g/mol. The highest BCUT2D eigenvalue weighted by atomic mass is 16.5. The molecule has 1 atom stereocenters. The van der Waals surface area contributed by atoms with Crippen LogP contribution in [0.3, 0.4) is 0 Å². The summed E-state index contributed by atoms with van der Waals surface area (Å²) in [5, 5.41) is 15.4. The second-order valence-corrected chi connectivity index (χ2v) is 7.93. The lowest BCUT2D eigenvalue weighted by Crippen LogP contribution is -2.41. The largest absolute Gasteiger partial charge is 0.496 e. The van der Waals surface area contributed by atoms with Crippen LogP contribution in [0, 0.1) is 13.8 Å². The molecule has 1 unspecified atom stereocenters. The summed E-state index contributed by atoms with van der Waals surface area (Å²) >= 11 is 0. The Morgan fingerprint density at radius 3 is 2.84 bits per heavy atom. The SMILES string of the molecule is COc1cc(C)ccc1CN=C(NCc1nnc(C)n1C)NC1CCOc2ccccc21. The Balaban J connectivity index is 1.56. The van der Waals surface area contributed by atoms with Crippen molar-refractivity contribution in [2.75, 3.05) is 13.7 Å². The van der Waals surface area contributed by atoms with Gasteiger partial charge >= 0.3 is 0 Å². The molecule has 0 amide bonds. The minimum absolute atomic E-state index is 0.104. The molecule has 1 aliphatic rings. The van der Waals surface area contributed by atoms with Crippen LogP contribution in [-0.2, 0) is 20.1 Å². The number of guanidine groups is 1. The molecule has 0 saturated carbocycles. The topological polar surface area (TPSA) is 85.6 Å². The van der Waals surface area contributed by atoms with Crippen LogP contribution in [0.25, 0.3) is 0 Å². The fourth-order valence-electron chi connectivity index (χ4n) is 3.72. The molecule has 0 spiro atoms. The van der Waals surface area contributed by atoms with E-state index in [2.05, 4.69) is 46.0 Å². The minimum atomic E-state index is 0.104. The Hall–Kier alpha value is -3.55. The molecule has 0 radical (unpaired) electrons. The third-order valence-electron chi connectivity index (χ3n) is 5.72. The number of hydrogen-bond donors (Lipinski definition) is 2. The Bertz CT molecular complexity index is 1110. The maximum absolute atomic E-state index is 5.82. The first kappa shape index (κ1) is 21.7. The number of fused-ring (bicyclic) bond motifs is 1. The summed E-state index contributed by atoms with van der Waals surface area (Å²) in [6, 6.07) is 14.4. The normalized spacial score (nSPS) is 15.6. The molecule has 8 nitrogen and oxygen atoms in total. The van der Waals surface area contributed by atoms with E-state index in [0.29, 0.717) is 25.7 Å². The maximum Gasteiger partial charge on any atom is 0.192 e. The Morgan fingerprint density at radius 1 is 1.22 bits per heavy atom. The Morgan fingerprint density at radius 2 is 2.06 bits per heavy atom. The number of ether oxygens (including phenoxy) is 2. The number of aryl methyl sites for hydroxylation is 2. The van der Waals surface area contributed by atoms with E-state index in [-0.39, 0.29) is 6.04 Å². The van der Waals surface area contributed by atoms with Crippen molar-refractivity contribution in [1.29, 1.82) is 0 Å². The van der Waals surface area contributed by atoms with Crippen LogP contribution < -0.4 is 20.1 Å². The summed E-state index contributed by atoms with van der Waals surface area (Å²) in [5.74, 6) is 4.18. The van der Waals surface area contributed by atoms with Crippen molar-refractivity contribution < 1.29 is 9.47 Å². The number of hydrogen-bond acceptors (Lipinski definition) is 5. The zero-order chi connectivity index (χ0) is 22.5. The summed E-state index contributed by atoms with van der Waals surface area (Å²) < 4.78 is 13.3. The first-order valence-corrected chi connectivity index (χ1v) is 10.8. The van der Waals surface area contributed by atoms with Crippen molar-refractivity contribution in [3.05, 3.63) is 70.8 Å². The van der Waals surface area contributed by atoms with Crippen molar-refractivity contribution in [1.82, 2.24) is 25.4 Å². The highest BCUT2D eigenvalue weighted by molar-refractivity contribution is 5.80. The summed E-state index contributed by atoms with van der Waals surface area (Å²) in [6.07, 6.45) is 0.856. The van der Waals surface area contributed by atoms with Gasteiger partial charge in [-0.25, -0.2) is 4.99 Å². The van der Waals surface area contributed by atoms with Gasteiger partial charge in [0.15, 0.2) is 11.8 Å². The van der Waals surface area contributed by atoms with Gasteiger partial charge in [0.25, 0.3) is 0 Å². The molecule has 3 aromatic rings. The van der Waals surface area contributed by atoms with Crippen LogP contribution in [0.2, 0.25) is 0 Å². The number of nitrogens with zero attached hydrogens (tertiary/aromatic N) is 4. The zero-order valence-electron chi connectivity index (χ0n) is 19.1. The summed E-state index contributed by atoms with van der Waals surface area (Å²) in [7, 11) is 3.65. The van der Waals surface area contributed by atoms with Gasteiger partial charge in [0.2, 0.25) is 0 Å². The van der Waals surface area contributed by atoms with E-state index in [1.54, 1.807) is 7.11 Å². The molecule has 2 N–H and O–H groups in total. The number of para-hydroxylation sites is 1. The van der Waals surface area contributed by atoms with Gasteiger partial charge in [-0.3, -0.25) is 0 Å². The number of methoxy groups -OCH3 is 1. The summed E-state index contributed by atoms with van der Waals surface area (Å²) in [6.45, 7) is 5.65. The first-order valence-electron chi connectivity index (χ1n) is 10.8. The number of aromatic nitrogens is 3. The standard InChI is InChI=1S/C24H30N6O2/c1-16-9-10-18(22(13-16)31-4)14-25-24(26-15-23-29-28-17(2)30(23)3)27-20-11-12-32-21-8-6-5-7-19(20)21/h5-10,13,20H,11-12,14-15H2,1-4H3,(H2,25,26,27). The number of rotatable bonds is 6. The van der Waals surface area contributed by atoms with E-state index >= 15 is 0 Å². The second kappa shape index (κ2) is 9.72. The van der Waals surface area contributed by atoms with E-state index in [1.807, 2.05) is 42.8 Å². The predicted molar refractivity (Wildman–Crippen MR) is 124 cm³/mol. The molecule has 168 valence electrons.